The van der Waals surface area contributed by atoms with Crippen molar-refractivity contribution < 1.29 is 101 Å². The average Bonchev–Trinajstić information content (AvgIpc) is 1.62. The summed E-state index contributed by atoms with van der Waals surface area (Å²) in [6.07, 6.45) is 27.6. The number of fused-ring (bicyclic) bond motifs is 4. The van der Waals surface area contributed by atoms with Crippen LogP contribution in [0.1, 0.15) is 313 Å². The second kappa shape index (κ2) is 44.7. The van der Waals surface area contributed by atoms with E-state index in [0.29, 0.717) is 23.5 Å². The molecule has 28 nitrogen and oxygen atoms in total. The first-order chi connectivity index (χ1) is 52.2. The summed E-state index contributed by atoms with van der Waals surface area (Å²) < 4.78 is 23.7. The molecule has 2 saturated heterocycles. The van der Waals surface area contributed by atoms with E-state index >= 15 is 0 Å². The lowest BCUT2D eigenvalue weighted by atomic mass is 9.95. The second-order valence-electron chi connectivity index (χ2n) is 26.7. The Balaban J connectivity index is 0.000000224. The Labute approximate surface area is 635 Å². The van der Waals surface area contributed by atoms with Gasteiger partial charge in [-0.15, -0.1) is 4.91 Å². The molecule has 6 heterocycles. The van der Waals surface area contributed by atoms with E-state index in [4.69, 9.17) is 9.64 Å². The number of aromatic carboxylic acids is 1. The van der Waals surface area contributed by atoms with Crippen LogP contribution in [0.3, 0.4) is 0 Å². The summed E-state index contributed by atoms with van der Waals surface area (Å²) in [5.74, 6) is -8.34. The Morgan fingerprint density at radius 1 is 0.486 bits per heavy atom. The smallest absolute Gasteiger partial charge is 0.346 e. The fourth-order valence-corrected chi connectivity index (χ4v) is 12.3. The second-order valence-corrected chi connectivity index (χ2v) is 26.9. The Morgan fingerprint density at radius 2 is 0.853 bits per heavy atom. The van der Waals surface area contributed by atoms with Crippen molar-refractivity contribution in [3.05, 3.63) is 168 Å². The highest BCUT2D eigenvalue weighted by molar-refractivity contribution is 7.14. The number of hydrogen-bond donors (Lipinski definition) is 4. The highest BCUT2D eigenvalue weighted by Crippen LogP contribution is 2.32. The van der Waals surface area contributed by atoms with Crippen molar-refractivity contribution in [2.75, 3.05) is 51.0 Å². The number of amides is 5. The number of esters is 8. The van der Waals surface area contributed by atoms with Crippen LogP contribution in [0.25, 0.3) is 0 Å². The quantitative estimate of drug-likeness (QED) is 0.00799. The Kier molecular flexibility index (Phi) is 35.8. The van der Waals surface area contributed by atoms with Gasteiger partial charge in [-0.05, 0) is 129 Å². The van der Waals surface area contributed by atoms with Crippen molar-refractivity contribution in [1.82, 2.24) is 14.7 Å². The van der Waals surface area contributed by atoms with Crippen LogP contribution in [-0.4, -0.2) is 155 Å². The van der Waals surface area contributed by atoms with E-state index < -0.39 is 71.6 Å². The van der Waals surface area contributed by atoms with Gasteiger partial charge in [0.05, 0.1) is 50.1 Å². The third kappa shape index (κ3) is 26.4. The van der Waals surface area contributed by atoms with Gasteiger partial charge in [0.1, 0.15) is 12.3 Å². The SMILES string of the molecule is CCCCCCCCCC(=O)N(C)C.CCCCCCCCN1CCCC1=O.CCCCCCCCOC(C)N1CCCC1=O.O=C(O)c1cc(NC(=O)c2ccc3c(c2)C(=O)OC3=O)cc(NC(=O)c2ccc3c(c2)C(=O)OC3=O)c1.O=C1OC(=O)c2cc(C(O)c3ccc4c(c3)C(=O)OC4=O)ccc21.O=NP. The number of carboxylic acids is 1. The molecule has 0 aromatic heterocycles. The number of rotatable bonds is 31. The van der Waals surface area contributed by atoms with Gasteiger partial charge in [0.2, 0.25) is 17.7 Å². The van der Waals surface area contributed by atoms with E-state index in [1.165, 1.54) is 188 Å². The van der Waals surface area contributed by atoms with Crippen molar-refractivity contribution in [2.24, 2.45) is 4.95 Å². The molecule has 5 aromatic rings. The zero-order valence-corrected chi connectivity index (χ0v) is 63.7. The number of nitrogens with zero attached hydrogens (tertiary/aromatic N) is 4. The molecule has 584 valence electrons. The van der Waals surface area contributed by atoms with Gasteiger partial charge in [-0.2, -0.15) is 0 Å². The molecular weight excluding hydrogens is 1430 g/mol. The number of ether oxygens (including phenoxy) is 5. The highest BCUT2D eigenvalue weighted by Gasteiger charge is 2.35. The fourth-order valence-electron chi connectivity index (χ4n) is 12.3. The number of nitrogens with one attached hydrogen (secondary N) is 2. The number of aliphatic hydroxyl groups is 1. The number of cyclic esters (lactones) is 8. The van der Waals surface area contributed by atoms with Crippen LogP contribution in [0.15, 0.2) is 95.9 Å². The third-order valence-electron chi connectivity index (χ3n) is 18.3. The van der Waals surface area contributed by atoms with Gasteiger partial charge in [0.15, 0.2) is 0 Å². The normalized spacial score (nSPS) is 14.3. The van der Waals surface area contributed by atoms with E-state index in [-0.39, 0.29) is 90.6 Å². The standard InChI is InChI=1S/C25H12N2O10.C17H8O7.C14H27NO2.C12H23NO.C12H25NO.H2NOP/c28-19(10-1-3-15-17(7-10)24(34)36-22(15)32)26-13-5-12(21(30)31)6-14(9-13)27-20(29)11-2-4-16-18(8-11)25(35)37-23(16)33;18-13(7-1-3-9-11(5-7)16(21)23-14(9)19)8-2-4-10-12(6-8)17(22)24-15(10)20;1-3-4-5-6-7-8-12-17-13(2)15-11-9-10-14(15)16;1-2-3-4-5-6-7-10-13-11-8-9-12(13)14;1-4-5-6-7-8-9-10-11-12(14)13(2)3;2-1-3/h1-9H,(H,26,28)(H,27,29)(H,30,31);1-6,13,18H;13H,3-12H2,1-2H3;2-11H2,1H3;4-11H2,1-3H3;3H2. The number of aliphatic hydroxyl groups excluding tert-OH is 1. The van der Waals surface area contributed by atoms with Crippen LogP contribution in [-0.2, 0) is 38.1 Å². The average molecular weight is 1530 g/mol. The summed E-state index contributed by atoms with van der Waals surface area (Å²) in [4.78, 5) is 180. The van der Waals surface area contributed by atoms with Gasteiger partial charge >= 0.3 is 53.7 Å². The number of likely N-dealkylation sites (tertiary alicyclic amines) is 2. The molecule has 11 rings (SSSR count). The van der Waals surface area contributed by atoms with Crippen molar-refractivity contribution in [3.8, 4) is 0 Å². The molecular formula is C80H97N6O22P. The largest absolute Gasteiger partial charge is 0.478 e. The molecule has 6 aliphatic rings. The molecule has 0 aliphatic carbocycles. The van der Waals surface area contributed by atoms with Gasteiger partial charge in [-0.3, -0.25) is 24.0 Å². The van der Waals surface area contributed by atoms with Crippen LogP contribution in [0.2, 0.25) is 0 Å². The summed E-state index contributed by atoms with van der Waals surface area (Å²) in [6, 6.07) is 19.5. The van der Waals surface area contributed by atoms with Gasteiger partial charge in [0.25, 0.3) is 11.8 Å². The molecule has 0 radical (unpaired) electrons. The van der Waals surface area contributed by atoms with E-state index in [2.05, 4.69) is 55.3 Å². The van der Waals surface area contributed by atoms with E-state index in [0.717, 1.165) is 76.9 Å². The maximum Gasteiger partial charge on any atom is 0.346 e. The number of anilines is 2. The molecule has 2 atom stereocenters. The first-order valence-corrected chi connectivity index (χ1v) is 37.5. The van der Waals surface area contributed by atoms with Crippen LogP contribution < -0.4 is 10.6 Å². The van der Waals surface area contributed by atoms with Crippen LogP contribution in [0.5, 0.6) is 0 Å². The van der Waals surface area contributed by atoms with E-state index in [1.54, 1.807) is 14.3 Å². The van der Waals surface area contributed by atoms with Crippen molar-refractivity contribution in [3.63, 3.8) is 0 Å². The molecule has 0 saturated carbocycles. The van der Waals surface area contributed by atoms with Gasteiger partial charge in [-0.25, -0.2) is 43.2 Å². The van der Waals surface area contributed by atoms with Crippen molar-refractivity contribution in [2.45, 2.75) is 194 Å². The molecule has 4 N–H and O–H groups in total. The summed E-state index contributed by atoms with van der Waals surface area (Å²) in [5, 5.41) is 24.9. The van der Waals surface area contributed by atoms with Crippen LogP contribution in [0.4, 0.5) is 11.4 Å². The third-order valence-corrected chi connectivity index (χ3v) is 18.3. The summed E-state index contributed by atoms with van der Waals surface area (Å²) >= 11 is 0. The highest BCUT2D eigenvalue weighted by atomic mass is 31.0. The molecule has 109 heavy (non-hydrogen) atoms. The summed E-state index contributed by atoms with van der Waals surface area (Å²) in [7, 11) is 5.29. The van der Waals surface area contributed by atoms with Crippen molar-refractivity contribution in [1.29, 1.82) is 0 Å². The zero-order valence-electron chi connectivity index (χ0n) is 62.5. The molecule has 0 bridgehead atoms. The topological polar surface area (TPSA) is 389 Å². The lowest BCUT2D eigenvalue weighted by Crippen LogP contribution is -2.36. The lowest BCUT2D eigenvalue weighted by Gasteiger charge is -2.24. The molecule has 5 amide bonds. The molecule has 5 aromatic carbocycles. The number of benzene rings is 5. The predicted molar refractivity (Wildman–Crippen MR) is 404 cm³/mol. The van der Waals surface area contributed by atoms with Crippen LogP contribution >= 0.6 is 9.39 Å². The Hall–Kier alpha value is -10.6. The first-order valence-electron chi connectivity index (χ1n) is 37.0. The lowest BCUT2D eigenvalue weighted by molar-refractivity contribution is -0.139. The molecule has 0 spiro atoms. The minimum atomic E-state index is -1.34. The van der Waals surface area contributed by atoms with Gasteiger partial charge in [-0.1, -0.05) is 141 Å². The van der Waals surface area contributed by atoms with Crippen LogP contribution in [0, 0.1) is 4.91 Å². The maximum atomic E-state index is 12.7. The Bertz CT molecular complexity index is 3970. The molecule has 29 heteroatoms. The van der Waals surface area contributed by atoms with E-state index in [1.807, 2.05) is 30.8 Å². The Morgan fingerprint density at radius 3 is 1.24 bits per heavy atom. The monoisotopic (exact) mass is 1520 g/mol. The number of carbonyl (C=O) groups excluding carboxylic acids is 13. The summed E-state index contributed by atoms with van der Waals surface area (Å²) in [5.41, 5.74) is 0.729. The fraction of sp³-hybridized carbons (Fsp3) is 0.450. The summed E-state index contributed by atoms with van der Waals surface area (Å²) in [6.45, 7) is 12.4. The molecule has 2 fully saturated rings. The molecule has 6 aliphatic heterocycles. The number of hydrogen-bond acceptors (Lipinski definition) is 22. The maximum absolute atomic E-state index is 12.7. The zero-order chi connectivity index (χ0) is 79.7. The van der Waals surface area contributed by atoms with Gasteiger partial charge < -0.3 is 59.2 Å². The number of nitroso groups, excluding NO2 is 1. The molecule has 2 unspecified atom stereocenters. The first kappa shape index (κ1) is 87.3. The minimum Gasteiger partial charge on any atom is -0.478 e. The number of carbonyl (C=O) groups is 14. The van der Waals surface area contributed by atoms with Crippen molar-refractivity contribution >= 4 is 104 Å². The minimum absolute atomic E-state index is 0.00230. The number of unbranched alkanes of at least 4 members (excludes halogenated alkanes) is 16. The number of carboxylic acid groups (broad SMARTS) is 1. The van der Waals surface area contributed by atoms with E-state index in [9.17, 15) is 77.3 Å². The predicted octanol–water partition coefficient (Wildman–Crippen LogP) is 14.0. The van der Waals surface area contributed by atoms with Gasteiger partial charge in [0, 0.05) is 91.5 Å².